The van der Waals surface area contributed by atoms with Gasteiger partial charge in [0.2, 0.25) is 6.79 Å². The van der Waals surface area contributed by atoms with Gasteiger partial charge in [0.05, 0.1) is 29.1 Å². The minimum Gasteiger partial charge on any atom is -0.463 e. The minimum absolute atomic E-state index is 0.0458. The zero-order valence-electron chi connectivity index (χ0n) is 16.8. The van der Waals surface area contributed by atoms with E-state index in [0.29, 0.717) is 48.4 Å². The Labute approximate surface area is 172 Å². The zero-order valence-corrected chi connectivity index (χ0v) is 16.8. The van der Waals surface area contributed by atoms with E-state index in [1.165, 1.54) is 12.1 Å². The Bertz CT molecular complexity index is 1010. The highest BCUT2D eigenvalue weighted by Crippen LogP contribution is 2.49. The Morgan fingerprint density at radius 3 is 2.67 bits per heavy atom. The average Bonchev–Trinajstić information content (AvgIpc) is 3.19. The smallest absolute Gasteiger partial charge is 0.336 e. The van der Waals surface area contributed by atoms with Crippen molar-refractivity contribution in [2.45, 2.75) is 45.4 Å². The van der Waals surface area contributed by atoms with Gasteiger partial charge in [0.25, 0.3) is 5.69 Å². The molecule has 1 unspecified atom stereocenters. The van der Waals surface area contributed by atoms with Gasteiger partial charge in [-0.25, -0.2) is 4.79 Å². The van der Waals surface area contributed by atoms with Crippen LogP contribution in [0, 0.1) is 10.1 Å². The van der Waals surface area contributed by atoms with E-state index in [0.717, 1.165) is 0 Å². The number of hydrogen-bond acceptors (Lipinski definition) is 8. The second-order valence-corrected chi connectivity index (χ2v) is 7.21. The predicted octanol–water partition coefficient (Wildman–Crippen LogP) is 3.24. The Kier molecular flexibility index (Phi) is 5.19. The summed E-state index contributed by atoms with van der Waals surface area (Å²) in [5.41, 5.74) is 1.95. The Hall–Kier alpha value is -3.36. The summed E-state index contributed by atoms with van der Waals surface area (Å²) in [6.45, 7) is 3.67. The molecule has 1 atom stereocenters. The van der Waals surface area contributed by atoms with Crippen LogP contribution < -0.4 is 14.8 Å². The standard InChI is InChI=1S/C21H22N2O7/c1-3-12-20(21(25)28-4-2)18(19-13(22-12)6-5-7-15(19)24)11-8-16-17(30-10-29-16)9-14(11)23(26)27/h8-9,18,22H,3-7,10H2,1-2H3. The van der Waals surface area contributed by atoms with Gasteiger partial charge >= 0.3 is 5.97 Å². The fourth-order valence-electron chi connectivity index (χ4n) is 4.27. The van der Waals surface area contributed by atoms with Gasteiger partial charge in [-0.2, -0.15) is 0 Å². The normalized spacial score (nSPS) is 20.1. The summed E-state index contributed by atoms with van der Waals surface area (Å²) in [5, 5.41) is 15.2. The molecule has 158 valence electrons. The van der Waals surface area contributed by atoms with Crippen LogP contribution in [0.3, 0.4) is 0 Å². The van der Waals surface area contributed by atoms with Crippen LogP contribution in [0.5, 0.6) is 11.5 Å². The maximum atomic E-state index is 13.0. The summed E-state index contributed by atoms with van der Waals surface area (Å²) in [7, 11) is 0. The number of esters is 1. The van der Waals surface area contributed by atoms with E-state index in [2.05, 4.69) is 5.32 Å². The number of ketones is 1. The molecule has 9 heteroatoms. The largest absolute Gasteiger partial charge is 0.463 e. The lowest BCUT2D eigenvalue weighted by molar-refractivity contribution is -0.385. The van der Waals surface area contributed by atoms with Crippen molar-refractivity contribution in [2.24, 2.45) is 0 Å². The predicted molar refractivity (Wildman–Crippen MR) is 105 cm³/mol. The number of fused-ring (bicyclic) bond motifs is 1. The van der Waals surface area contributed by atoms with E-state index in [1.807, 2.05) is 6.92 Å². The van der Waals surface area contributed by atoms with Crippen LogP contribution in [0.4, 0.5) is 5.69 Å². The number of benzene rings is 1. The highest BCUT2D eigenvalue weighted by atomic mass is 16.7. The van der Waals surface area contributed by atoms with Gasteiger partial charge in [0, 0.05) is 29.0 Å². The number of nitro benzene ring substituents is 1. The van der Waals surface area contributed by atoms with E-state index in [1.54, 1.807) is 6.92 Å². The highest BCUT2D eigenvalue weighted by molar-refractivity contribution is 6.04. The van der Waals surface area contributed by atoms with Gasteiger partial charge in [0.15, 0.2) is 17.3 Å². The SMILES string of the molecule is CCOC(=O)C1=C(CC)NC2=C(C(=O)CCC2)C1c1cc2c(cc1[N+](=O)[O-])OCO2. The first-order chi connectivity index (χ1) is 14.5. The van der Waals surface area contributed by atoms with Crippen LogP contribution in [0.15, 0.2) is 34.7 Å². The summed E-state index contributed by atoms with van der Waals surface area (Å²) in [6.07, 6.45) is 2.13. The summed E-state index contributed by atoms with van der Waals surface area (Å²) < 4.78 is 16.0. The summed E-state index contributed by atoms with van der Waals surface area (Å²) in [6, 6.07) is 2.80. The number of allylic oxidation sites excluding steroid dienone is 3. The molecule has 0 aromatic heterocycles. The number of nitro groups is 1. The molecule has 4 rings (SSSR count). The Morgan fingerprint density at radius 1 is 1.27 bits per heavy atom. The number of Topliss-reactive ketones (excluding diaryl/α,β-unsaturated/α-hetero) is 1. The van der Waals surface area contributed by atoms with Crippen LogP contribution in [0.1, 0.15) is 51.0 Å². The molecule has 0 saturated heterocycles. The molecule has 2 heterocycles. The molecule has 3 aliphatic rings. The van der Waals surface area contributed by atoms with Crippen molar-refractivity contribution in [1.82, 2.24) is 5.32 Å². The molecular weight excluding hydrogens is 392 g/mol. The zero-order chi connectivity index (χ0) is 21.4. The molecule has 1 aliphatic carbocycles. The maximum absolute atomic E-state index is 13.0. The monoisotopic (exact) mass is 414 g/mol. The third kappa shape index (κ3) is 3.20. The lowest BCUT2D eigenvalue weighted by Gasteiger charge is -2.34. The minimum atomic E-state index is -0.905. The number of carbonyl (C=O) groups is 2. The summed E-state index contributed by atoms with van der Waals surface area (Å²) in [4.78, 5) is 37.3. The van der Waals surface area contributed by atoms with Crippen molar-refractivity contribution in [2.75, 3.05) is 13.4 Å². The average molecular weight is 414 g/mol. The summed E-state index contributed by atoms with van der Waals surface area (Å²) >= 11 is 0. The van der Waals surface area contributed by atoms with Crippen molar-refractivity contribution in [3.05, 3.63) is 50.4 Å². The third-order valence-corrected chi connectivity index (χ3v) is 5.54. The van der Waals surface area contributed by atoms with Crippen molar-refractivity contribution in [1.29, 1.82) is 0 Å². The lowest BCUT2D eigenvalue weighted by Crippen LogP contribution is -2.35. The molecule has 0 spiro atoms. The van der Waals surface area contributed by atoms with Crippen LogP contribution >= 0.6 is 0 Å². The second-order valence-electron chi connectivity index (χ2n) is 7.21. The van der Waals surface area contributed by atoms with Gasteiger partial charge in [-0.1, -0.05) is 6.92 Å². The molecule has 1 N–H and O–H groups in total. The van der Waals surface area contributed by atoms with Crippen LogP contribution in [0.25, 0.3) is 0 Å². The number of carbonyl (C=O) groups excluding carboxylic acids is 2. The first-order valence-corrected chi connectivity index (χ1v) is 9.97. The van der Waals surface area contributed by atoms with Crippen LogP contribution in [-0.4, -0.2) is 30.1 Å². The van der Waals surface area contributed by atoms with Crippen LogP contribution in [-0.2, 0) is 14.3 Å². The number of nitrogens with one attached hydrogen (secondary N) is 1. The molecule has 30 heavy (non-hydrogen) atoms. The van der Waals surface area contributed by atoms with E-state index in [-0.39, 0.29) is 41.8 Å². The van der Waals surface area contributed by atoms with E-state index >= 15 is 0 Å². The molecule has 9 nitrogen and oxygen atoms in total. The van der Waals surface area contributed by atoms with Crippen LogP contribution in [0.2, 0.25) is 0 Å². The number of hydrogen-bond donors (Lipinski definition) is 1. The molecule has 0 radical (unpaired) electrons. The maximum Gasteiger partial charge on any atom is 0.336 e. The first-order valence-electron chi connectivity index (χ1n) is 9.97. The van der Waals surface area contributed by atoms with E-state index in [4.69, 9.17) is 14.2 Å². The summed E-state index contributed by atoms with van der Waals surface area (Å²) in [5.74, 6) is -1.01. The number of ether oxygens (including phenoxy) is 3. The molecule has 1 aromatic rings. The fourth-order valence-corrected chi connectivity index (χ4v) is 4.27. The fraction of sp³-hybridized carbons (Fsp3) is 0.429. The van der Waals surface area contributed by atoms with Gasteiger partial charge in [-0.3, -0.25) is 14.9 Å². The van der Waals surface area contributed by atoms with Crippen molar-refractivity contribution >= 4 is 17.4 Å². The van der Waals surface area contributed by atoms with Crippen molar-refractivity contribution in [3.63, 3.8) is 0 Å². The third-order valence-electron chi connectivity index (χ3n) is 5.54. The molecule has 2 aliphatic heterocycles. The highest BCUT2D eigenvalue weighted by Gasteiger charge is 2.43. The molecular formula is C21H22N2O7. The lowest BCUT2D eigenvalue weighted by atomic mass is 9.74. The quantitative estimate of drug-likeness (QED) is 0.443. The first kappa shape index (κ1) is 19.9. The molecule has 0 fully saturated rings. The molecule has 1 aromatic carbocycles. The van der Waals surface area contributed by atoms with E-state index in [9.17, 15) is 19.7 Å². The molecule has 0 amide bonds. The van der Waals surface area contributed by atoms with E-state index < -0.39 is 16.8 Å². The Morgan fingerprint density at radius 2 is 2.00 bits per heavy atom. The topological polar surface area (TPSA) is 117 Å². The molecule has 0 saturated carbocycles. The van der Waals surface area contributed by atoms with Gasteiger partial charge in [-0.05, 0) is 32.3 Å². The van der Waals surface area contributed by atoms with Gasteiger partial charge in [-0.15, -0.1) is 0 Å². The molecule has 0 bridgehead atoms. The number of rotatable bonds is 5. The van der Waals surface area contributed by atoms with Gasteiger partial charge in [0.1, 0.15) is 0 Å². The second kappa shape index (κ2) is 7.81. The van der Waals surface area contributed by atoms with Gasteiger partial charge < -0.3 is 19.5 Å². The number of nitrogens with zero attached hydrogens (tertiary/aromatic N) is 1. The number of dihydropyridines is 1. The van der Waals surface area contributed by atoms with Crippen molar-refractivity contribution in [3.8, 4) is 11.5 Å². The van der Waals surface area contributed by atoms with Crippen molar-refractivity contribution < 1.29 is 28.7 Å². The Balaban J connectivity index is 1.99.